The third-order valence-electron chi connectivity index (χ3n) is 3.98. The largest absolute Gasteiger partial charge is 0.290 e. The van der Waals surface area contributed by atoms with Gasteiger partial charge in [0.05, 0.1) is 5.69 Å². The molecule has 0 atom stereocenters. The number of amides is 1. The molecule has 25 heavy (non-hydrogen) atoms. The molecule has 1 amide bonds. The Morgan fingerprint density at radius 2 is 1.56 bits per heavy atom. The van der Waals surface area contributed by atoms with Gasteiger partial charge in [-0.2, -0.15) is 0 Å². The molecule has 4 rings (SSSR count). The number of carbonyl (C=O) groups is 1. The Morgan fingerprint density at radius 3 is 2.44 bits per heavy atom. The quantitative estimate of drug-likeness (QED) is 0.601. The highest BCUT2D eigenvalue weighted by atomic mass is 16.1. The SMILES string of the molecule is O=C(Nc1nccc(-c2cccc3ccccc23)n1)c1ccccc1. The van der Waals surface area contributed by atoms with Crippen molar-refractivity contribution in [3.8, 4) is 11.3 Å². The summed E-state index contributed by atoms with van der Waals surface area (Å²) in [5.41, 5.74) is 2.35. The molecule has 0 aliphatic heterocycles. The van der Waals surface area contributed by atoms with Crippen molar-refractivity contribution < 1.29 is 4.79 Å². The molecule has 120 valence electrons. The summed E-state index contributed by atoms with van der Waals surface area (Å²) in [6.07, 6.45) is 1.66. The zero-order valence-corrected chi connectivity index (χ0v) is 13.4. The van der Waals surface area contributed by atoms with Crippen LogP contribution in [0.4, 0.5) is 5.95 Å². The van der Waals surface area contributed by atoms with Crippen molar-refractivity contribution >= 4 is 22.6 Å². The van der Waals surface area contributed by atoms with E-state index >= 15 is 0 Å². The van der Waals surface area contributed by atoms with E-state index < -0.39 is 0 Å². The fourth-order valence-electron chi connectivity index (χ4n) is 2.78. The molecule has 1 heterocycles. The molecular weight excluding hydrogens is 310 g/mol. The number of anilines is 1. The number of rotatable bonds is 3. The molecular formula is C21H15N3O. The van der Waals surface area contributed by atoms with E-state index in [0.29, 0.717) is 11.5 Å². The summed E-state index contributed by atoms with van der Waals surface area (Å²) in [6, 6.07) is 25.1. The predicted molar refractivity (Wildman–Crippen MR) is 99.4 cm³/mol. The van der Waals surface area contributed by atoms with Crippen molar-refractivity contribution in [2.24, 2.45) is 0 Å². The molecule has 4 nitrogen and oxygen atoms in total. The van der Waals surface area contributed by atoms with Gasteiger partial charge in [-0.3, -0.25) is 10.1 Å². The summed E-state index contributed by atoms with van der Waals surface area (Å²) >= 11 is 0. The number of nitrogens with one attached hydrogen (secondary N) is 1. The summed E-state index contributed by atoms with van der Waals surface area (Å²) in [6.45, 7) is 0. The second-order valence-electron chi connectivity index (χ2n) is 5.61. The maximum absolute atomic E-state index is 12.3. The average Bonchev–Trinajstić information content (AvgIpc) is 2.68. The van der Waals surface area contributed by atoms with Crippen LogP contribution in [-0.4, -0.2) is 15.9 Å². The Bertz CT molecular complexity index is 1040. The van der Waals surface area contributed by atoms with Crippen LogP contribution in [0.15, 0.2) is 85.1 Å². The van der Waals surface area contributed by atoms with Crippen molar-refractivity contribution in [3.63, 3.8) is 0 Å². The zero-order chi connectivity index (χ0) is 17.1. The lowest BCUT2D eigenvalue weighted by Gasteiger charge is -2.08. The molecule has 0 saturated heterocycles. The zero-order valence-electron chi connectivity index (χ0n) is 13.4. The normalized spacial score (nSPS) is 10.6. The molecule has 0 unspecified atom stereocenters. The molecule has 0 aliphatic rings. The predicted octanol–water partition coefficient (Wildman–Crippen LogP) is 4.55. The number of aromatic nitrogens is 2. The Labute approximate surface area is 145 Å². The van der Waals surface area contributed by atoms with Gasteiger partial charge in [0.1, 0.15) is 0 Å². The van der Waals surface area contributed by atoms with Crippen molar-refractivity contribution in [2.75, 3.05) is 5.32 Å². The third kappa shape index (κ3) is 3.10. The first-order valence-corrected chi connectivity index (χ1v) is 7.99. The molecule has 4 heteroatoms. The molecule has 0 spiro atoms. The van der Waals surface area contributed by atoms with E-state index in [1.807, 2.05) is 48.5 Å². The van der Waals surface area contributed by atoms with Crippen molar-refractivity contribution in [1.82, 2.24) is 9.97 Å². The third-order valence-corrected chi connectivity index (χ3v) is 3.98. The lowest BCUT2D eigenvalue weighted by Crippen LogP contribution is -2.14. The number of hydrogen-bond acceptors (Lipinski definition) is 3. The fourth-order valence-corrected chi connectivity index (χ4v) is 2.78. The maximum Gasteiger partial charge on any atom is 0.258 e. The van der Waals surface area contributed by atoms with Crippen LogP contribution in [0.5, 0.6) is 0 Å². The summed E-state index contributed by atoms with van der Waals surface area (Å²) < 4.78 is 0. The maximum atomic E-state index is 12.3. The van der Waals surface area contributed by atoms with Gasteiger partial charge in [0.15, 0.2) is 0 Å². The average molecular weight is 325 g/mol. The molecule has 0 aliphatic carbocycles. The summed E-state index contributed by atoms with van der Waals surface area (Å²) in [5, 5.41) is 5.02. The second kappa shape index (κ2) is 6.53. The standard InChI is InChI=1S/C21H15N3O/c25-20(16-8-2-1-3-9-16)24-21-22-14-13-19(23-21)18-12-6-10-15-7-4-5-11-17(15)18/h1-14H,(H,22,23,24,25). The van der Waals surface area contributed by atoms with Gasteiger partial charge in [-0.15, -0.1) is 0 Å². The topological polar surface area (TPSA) is 54.9 Å². The molecule has 1 N–H and O–H groups in total. The number of nitrogens with zero attached hydrogens (tertiary/aromatic N) is 2. The van der Waals surface area contributed by atoms with Gasteiger partial charge in [-0.25, -0.2) is 9.97 Å². The van der Waals surface area contributed by atoms with Crippen LogP contribution in [0.3, 0.4) is 0 Å². The van der Waals surface area contributed by atoms with Crippen molar-refractivity contribution in [3.05, 3.63) is 90.6 Å². The van der Waals surface area contributed by atoms with Crippen LogP contribution in [0, 0.1) is 0 Å². The highest BCUT2D eigenvalue weighted by molar-refractivity contribution is 6.03. The molecule has 3 aromatic carbocycles. The molecule has 0 radical (unpaired) electrons. The lowest BCUT2D eigenvalue weighted by atomic mass is 10.0. The van der Waals surface area contributed by atoms with Crippen LogP contribution in [0.25, 0.3) is 22.0 Å². The van der Waals surface area contributed by atoms with Gasteiger partial charge in [-0.05, 0) is 29.0 Å². The molecule has 1 aromatic heterocycles. The first-order chi connectivity index (χ1) is 12.3. The van der Waals surface area contributed by atoms with Gasteiger partial charge in [-0.1, -0.05) is 60.7 Å². The van der Waals surface area contributed by atoms with Crippen LogP contribution in [0.1, 0.15) is 10.4 Å². The van der Waals surface area contributed by atoms with E-state index in [0.717, 1.165) is 22.0 Å². The summed E-state index contributed by atoms with van der Waals surface area (Å²) in [7, 11) is 0. The minimum atomic E-state index is -0.226. The second-order valence-corrected chi connectivity index (χ2v) is 5.61. The molecule has 0 saturated carbocycles. The minimum absolute atomic E-state index is 0.226. The van der Waals surface area contributed by atoms with Crippen molar-refractivity contribution in [2.45, 2.75) is 0 Å². The number of carbonyl (C=O) groups excluding carboxylic acids is 1. The highest BCUT2D eigenvalue weighted by Crippen LogP contribution is 2.27. The molecule has 0 bridgehead atoms. The number of benzene rings is 3. The Balaban J connectivity index is 1.69. The minimum Gasteiger partial charge on any atom is -0.290 e. The Kier molecular flexibility index (Phi) is 3.92. The summed E-state index contributed by atoms with van der Waals surface area (Å²) in [5.74, 6) is 0.0648. The van der Waals surface area contributed by atoms with Gasteiger partial charge in [0.2, 0.25) is 5.95 Å². The van der Waals surface area contributed by atoms with Crippen LogP contribution in [-0.2, 0) is 0 Å². The van der Waals surface area contributed by atoms with E-state index in [9.17, 15) is 4.79 Å². The monoisotopic (exact) mass is 325 g/mol. The van der Waals surface area contributed by atoms with Crippen molar-refractivity contribution in [1.29, 1.82) is 0 Å². The summed E-state index contributed by atoms with van der Waals surface area (Å²) in [4.78, 5) is 21.0. The number of fused-ring (bicyclic) bond motifs is 1. The first-order valence-electron chi connectivity index (χ1n) is 7.99. The van der Waals surface area contributed by atoms with Crippen LogP contribution >= 0.6 is 0 Å². The molecule has 0 fully saturated rings. The Morgan fingerprint density at radius 1 is 0.800 bits per heavy atom. The first kappa shape index (κ1) is 15.0. The van der Waals surface area contributed by atoms with E-state index in [4.69, 9.17) is 0 Å². The van der Waals surface area contributed by atoms with Gasteiger partial charge in [0, 0.05) is 17.3 Å². The van der Waals surface area contributed by atoms with Gasteiger partial charge in [0.25, 0.3) is 5.91 Å². The smallest absolute Gasteiger partial charge is 0.258 e. The highest BCUT2D eigenvalue weighted by Gasteiger charge is 2.09. The van der Waals surface area contributed by atoms with Gasteiger partial charge >= 0.3 is 0 Å². The van der Waals surface area contributed by atoms with E-state index in [1.54, 1.807) is 18.3 Å². The van der Waals surface area contributed by atoms with Crippen LogP contribution in [0.2, 0.25) is 0 Å². The van der Waals surface area contributed by atoms with Crippen LogP contribution < -0.4 is 5.32 Å². The number of hydrogen-bond donors (Lipinski definition) is 1. The molecule has 4 aromatic rings. The lowest BCUT2D eigenvalue weighted by molar-refractivity contribution is 0.102. The van der Waals surface area contributed by atoms with E-state index in [1.165, 1.54) is 0 Å². The Hall–Kier alpha value is -3.53. The van der Waals surface area contributed by atoms with E-state index in [2.05, 4.69) is 33.5 Å². The van der Waals surface area contributed by atoms with Gasteiger partial charge < -0.3 is 0 Å². The fraction of sp³-hybridized carbons (Fsp3) is 0. The van der Waals surface area contributed by atoms with E-state index in [-0.39, 0.29) is 5.91 Å².